The Morgan fingerprint density at radius 2 is 1.82 bits per heavy atom. The second-order valence-corrected chi connectivity index (χ2v) is 11.6. The molecule has 0 unspecified atom stereocenters. The van der Waals surface area contributed by atoms with Crippen LogP contribution in [-0.4, -0.2) is 21.6 Å². The van der Waals surface area contributed by atoms with Crippen LogP contribution in [0.5, 0.6) is 0 Å². The fourth-order valence-electron chi connectivity index (χ4n) is 1.20. The molecule has 1 aromatic carbocycles. The van der Waals surface area contributed by atoms with Crippen LogP contribution in [0.2, 0.25) is 0 Å². The summed E-state index contributed by atoms with van der Waals surface area (Å²) in [5.74, 6) is -0.529. The second-order valence-electron chi connectivity index (χ2n) is 3.62. The van der Waals surface area contributed by atoms with Crippen LogP contribution < -0.4 is 0 Å². The van der Waals surface area contributed by atoms with Gasteiger partial charge in [0.05, 0.1) is 5.75 Å². The van der Waals surface area contributed by atoms with Gasteiger partial charge in [0, 0.05) is 5.56 Å². The zero-order valence-electron chi connectivity index (χ0n) is 9.41. The van der Waals surface area contributed by atoms with E-state index >= 15 is 0 Å². The van der Waals surface area contributed by atoms with Gasteiger partial charge >= 0.3 is 0 Å². The molecule has 0 aliphatic carbocycles. The van der Waals surface area contributed by atoms with E-state index < -0.39 is 17.3 Å². The first-order valence-electron chi connectivity index (χ1n) is 4.94. The molecule has 0 heterocycles. The van der Waals surface area contributed by atoms with E-state index in [1.165, 1.54) is 6.92 Å². The van der Waals surface area contributed by atoms with Crippen molar-refractivity contribution in [1.82, 2.24) is 0 Å². The van der Waals surface area contributed by atoms with Crippen molar-refractivity contribution < 1.29 is 13.2 Å². The van der Waals surface area contributed by atoms with Gasteiger partial charge in [0.1, 0.15) is 0 Å². The largest absolute Gasteiger partial charge is 0.290 e. The summed E-state index contributed by atoms with van der Waals surface area (Å²) in [6.07, 6.45) is 0. The molecule has 6 heteroatoms. The SMILES string of the molecule is CCS(=O)(=O)[C@](Br)(I)C(=O)c1ccc(C)cc1. The molecule has 94 valence electrons. The van der Waals surface area contributed by atoms with Gasteiger partial charge in [0.2, 0.25) is 7.45 Å². The van der Waals surface area contributed by atoms with E-state index in [-0.39, 0.29) is 5.75 Å². The highest BCUT2D eigenvalue weighted by Gasteiger charge is 2.45. The Morgan fingerprint density at radius 3 is 2.24 bits per heavy atom. The Hall–Kier alpha value is 0.0500. The minimum atomic E-state index is -3.50. The lowest BCUT2D eigenvalue weighted by molar-refractivity contribution is 0.101. The Balaban J connectivity index is 3.18. The van der Waals surface area contributed by atoms with Crippen molar-refractivity contribution in [3.8, 4) is 0 Å². The third-order valence-electron chi connectivity index (χ3n) is 2.35. The van der Waals surface area contributed by atoms with Crippen molar-refractivity contribution in [2.75, 3.05) is 5.75 Å². The summed E-state index contributed by atoms with van der Waals surface area (Å²) in [5.41, 5.74) is 1.41. The van der Waals surface area contributed by atoms with E-state index in [0.29, 0.717) is 5.56 Å². The summed E-state index contributed by atoms with van der Waals surface area (Å²) in [6, 6.07) is 6.84. The lowest BCUT2D eigenvalue weighted by Crippen LogP contribution is -2.35. The minimum absolute atomic E-state index is 0.0845. The molecule has 3 nitrogen and oxygen atoms in total. The van der Waals surface area contributed by atoms with E-state index in [1.807, 2.05) is 6.92 Å². The van der Waals surface area contributed by atoms with Gasteiger partial charge < -0.3 is 0 Å². The Morgan fingerprint density at radius 1 is 1.35 bits per heavy atom. The zero-order chi connectivity index (χ0) is 13.3. The fraction of sp³-hybridized carbons (Fsp3) is 0.364. The first-order chi connectivity index (χ1) is 7.72. The predicted octanol–water partition coefficient (Wildman–Crippen LogP) is 3.10. The monoisotopic (exact) mass is 430 g/mol. The molecule has 1 aromatic rings. The Bertz CT molecular complexity index is 520. The molecule has 0 aliphatic rings. The molecule has 0 saturated carbocycles. The normalized spacial score (nSPS) is 15.3. The molecule has 1 rings (SSSR count). The van der Waals surface area contributed by atoms with Gasteiger partial charge in [-0.05, 0) is 45.4 Å². The maximum atomic E-state index is 12.1. The van der Waals surface area contributed by atoms with Crippen LogP contribution in [-0.2, 0) is 9.84 Å². The number of hydrogen-bond acceptors (Lipinski definition) is 3. The molecule has 17 heavy (non-hydrogen) atoms. The number of aryl methyl sites for hydroxylation is 1. The number of hydrogen-bond donors (Lipinski definition) is 0. The molecule has 0 spiro atoms. The predicted molar refractivity (Wildman–Crippen MR) is 80.6 cm³/mol. The molecule has 0 amide bonds. The Labute approximate surface area is 123 Å². The van der Waals surface area contributed by atoms with Gasteiger partial charge in [-0.15, -0.1) is 0 Å². The molecule has 0 radical (unpaired) electrons. The van der Waals surface area contributed by atoms with Gasteiger partial charge in [0.15, 0.2) is 9.84 Å². The van der Waals surface area contributed by atoms with Crippen LogP contribution in [0, 0.1) is 6.92 Å². The third-order valence-corrected chi connectivity index (χ3v) is 8.42. The molecule has 0 N–H and O–H groups in total. The summed E-state index contributed by atoms with van der Waals surface area (Å²) in [5, 5.41) is 0. The van der Waals surface area contributed by atoms with Crippen LogP contribution in [0.3, 0.4) is 0 Å². The summed E-state index contributed by atoms with van der Waals surface area (Å²) in [7, 11) is -3.50. The topological polar surface area (TPSA) is 51.2 Å². The maximum absolute atomic E-state index is 12.1. The van der Waals surface area contributed by atoms with Crippen molar-refractivity contribution in [1.29, 1.82) is 0 Å². The highest BCUT2D eigenvalue weighted by atomic mass is 127. The van der Waals surface area contributed by atoms with E-state index in [0.717, 1.165) is 5.56 Å². The van der Waals surface area contributed by atoms with Gasteiger partial charge in [-0.1, -0.05) is 36.8 Å². The average molecular weight is 431 g/mol. The standard InChI is InChI=1S/C11H12BrIO3S/c1-3-17(15,16)11(12,13)10(14)9-6-4-8(2)5-7-9/h4-7H,3H2,1-2H3/t11-/m1/s1. The lowest BCUT2D eigenvalue weighted by atomic mass is 10.1. The quantitative estimate of drug-likeness (QED) is 0.419. The van der Waals surface area contributed by atoms with Gasteiger partial charge in [-0.2, -0.15) is 0 Å². The molecule has 0 bridgehead atoms. The summed E-state index contributed by atoms with van der Waals surface area (Å²) in [4.78, 5) is 12.1. The number of halogens is 2. The van der Waals surface area contributed by atoms with E-state index in [2.05, 4.69) is 15.9 Å². The van der Waals surface area contributed by atoms with Crippen LogP contribution in [0.25, 0.3) is 0 Å². The summed E-state index contributed by atoms with van der Waals surface area (Å²) < 4.78 is 22.1. The smallest absolute Gasteiger partial charge is 0.239 e. The van der Waals surface area contributed by atoms with Crippen molar-refractivity contribution in [3.05, 3.63) is 35.4 Å². The molecular formula is C11H12BrIO3S. The molecule has 0 saturated heterocycles. The highest BCUT2D eigenvalue weighted by Crippen LogP contribution is 2.37. The minimum Gasteiger partial charge on any atom is -0.290 e. The first-order valence-corrected chi connectivity index (χ1v) is 8.46. The van der Waals surface area contributed by atoms with Crippen molar-refractivity contribution >= 4 is 54.1 Å². The van der Waals surface area contributed by atoms with Crippen LogP contribution in [0.15, 0.2) is 24.3 Å². The lowest BCUT2D eigenvalue weighted by Gasteiger charge is -2.18. The van der Waals surface area contributed by atoms with Crippen LogP contribution in [0.4, 0.5) is 0 Å². The number of carbonyl (C=O) groups excluding carboxylic acids is 1. The summed E-state index contributed by atoms with van der Waals surface area (Å²) >= 11 is 4.67. The zero-order valence-corrected chi connectivity index (χ0v) is 14.0. The molecular weight excluding hydrogens is 419 g/mol. The molecule has 0 aromatic heterocycles. The van der Waals surface area contributed by atoms with Crippen molar-refractivity contribution in [3.63, 3.8) is 0 Å². The number of sulfone groups is 1. The number of rotatable bonds is 4. The maximum Gasteiger partial charge on any atom is 0.239 e. The van der Waals surface area contributed by atoms with Gasteiger partial charge in [0.25, 0.3) is 0 Å². The summed E-state index contributed by atoms with van der Waals surface area (Å²) in [6.45, 7) is 3.43. The van der Waals surface area contributed by atoms with E-state index in [1.54, 1.807) is 46.9 Å². The number of benzene rings is 1. The van der Waals surface area contributed by atoms with Gasteiger partial charge in [-0.3, -0.25) is 4.79 Å². The first kappa shape index (κ1) is 15.1. The number of ketones is 1. The molecule has 1 atom stereocenters. The van der Waals surface area contributed by atoms with Crippen LogP contribution >= 0.6 is 38.5 Å². The number of carbonyl (C=O) groups is 1. The van der Waals surface area contributed by atoms with E-state index in [4.69, 9.17) is 0 Å². The third kappa shape index (κ3) is 3.08. The highest BCUT2D eigenvalue weighted by molar-refractivity contribution is 14.1. The number of alkyl halides is 2. The second kappa shape index (κ2) is 5.36. The van der Waals surface area contributed by atoms with Crippen molar-refractivity contribution in [2.24, 2.45) is 0 Å². The van der Waals surface area contributed by atoms with Gasteiger partial charge in [-0.25, -0.2) is 8.42 Å². The van der Waals surface area contributed by atoms with Crippen LogP contribution in [0.1, 0.15) is 22.8 Å². The fourth-order valence-corrected chi connectivity index (χ4v) is 4.12. The molecule has 0 aliphatic heterocycles. The Kier molecular flexibility index (Phi) is 4.76. The number of Topliss-reactive ketones (excluding diaryl/α,β-unsaturated/α-hetero) is 1. The average Bonchev–Trinajstić information content (AvgIpc) is 2.28. The van der Waals surface area contributed by atoms with E-state index in [9.17, 15) is 13.2 Å². The molecule has 0 fully saturated rings. The van der Waals surface area contributed by atoms with Crippen molar-refractivity contribution in [2.45, 2.75) is 15.5 Å².